The number of nitrogens with one attached hydrogen (secondary N) is 1. The first-order chi connectivity index (χ1) is 18.0. The van der Waals surface area contributed by atoms with Crippen LogP contribution in [0.2, 0.25) is 0 Å². The van der Waals surface area contributed by atoms with Crippen molar-refractivity contribution in [2.24, 2.45) is 0 Å². The number of carbonyl (C=O) groups excluding carboxylic acids is 3. The van der Waals surface area contributed by atoms with E-state index in [0.717, 1.165) is 35.4 Å². The molecule has 2 aliphatic rings. The van der Waals surface area contributed by atoms with Crippen LogP contribution in [0.25, 0.3) is 10.8 Å². The number of nitrogens with zero attached hydrogens (tertiary/aromatic N) is 2. The molecule has 0 aromatic heterocycles. The van der Waals surface area contributed by atoms with Crippen LogP contribution in [0.3, 0.4) is 0 Å². The number of fused-ring (bicyclic) bond motifs is 1. The Morgan fingerprint density at radius 3 is 2.59 bits per heavy atom. The third-order valence-electron chi connectivity index (χ3n) is 6.39. The number of ketones is 1. The molecule has 9 heteroatoms. The third-order valence-corrected chi connectivity index (χ3v) is 7.34. The molecule has 7 nitrogen and oxygen atoms in total. The Morgan fingerprint density at radius 2 is 1.81 bits per heavy atom. The lowest BCUT2D eigenvalue weighted by Gasteiger charge is -2.29. The first-order valence-electron chi connectivity index (χ1n) is 12.1. The normalized spacial score (nSPS) is 17.9. The molecule has 0 aliphatic carbocycles. The molecule has 3 aromatic rings. The summed E-state index contributed by atoms with van der Waals surface area (Å²) in [7, 11) is 0. The zero-order chi connectivity index (χ0) is 25.8. The number of cyclic esters (lactones) is 1. The van der Waals surface area contributed by atoms with Gasteiger partial charge in [-0.05, 0) is 41.1 Å². The van der Waals surface area contributed by atoms with Gasteiger partial charge in [-0.1, -0.05) is 36.4 Å². The van der Waals surface area contributed by atoms with Crippen LogP contribution in [0.15, 0.2) is 72.8 Å². The van der Waals surface area contributed by atoms with Crippen molar-refractivity contribution in [2.45, 2.75) is 6.10 Å². The van der Waals surface area contributed by atoms with E-state index in [2.05, 4.69) is 5.32 Å². The minimum Gasteiger partial charge on any atom is -0.442 e. The summed E-state index contributed by atoms with van der Waals surface area (Å²) in [4.78, 5) is 40.5. The number of halogens is 1. The molecule has 2 heterocycles. The second kappa shape index (κ2) is 11.0. The summed E-state index contributed by atoms with van der Waals surface area (Å²) in [5, 5.41) is 4.62. The molecule has 2 amide bonds. The van der Waals surface area contributed by atoms with E-state index in [1.165, 1.54) is 23.1 Å². The molecule has 0 unspecified atom stereocenters. The molecule has 0 bridgehead atoms. The molecule has 37 heavy (non-hydrogen) atoms. The number of ether oxygens (including phenoxy) is 1. The summed E-state index contributed by atoms with van der Waals surface area (Å²) in [6.07, 6.45) is 1.20. The number of hydrogen-bond acceptors (Lipinski definition) is 6. The van der Waals surface area contributed by atoms with Crippen molar-refractivity contribution in [2.75, 3.05) is 47.5 Å². The summed E-state index contributed by atoms with van der Waals surface area (Å²) in [5.41, 5.74) is 1.43. The van der Waals surface area contributed by atoms with Gasteiger partial charge in [0.2, 0.25) is 5.91 Å². The van der Waals surface area contributed by atoms with Crippen molar-refractivity contribution in [3.05, 3.63) is 84.2 Å². The van der Waals surface area contributed by atoms with Crippen LogP contribution in [0.1, 0.15) is 10.4 Å². The fourth-order valence-electron chi connectivity index (χ4n) is 4.43. The average Bonchev–Trinajstić information content (AvgIpc) is 3.31. The largest absolute Gasteiger partial charge is 0.442 e. The number of benzene rings is 3. The van der Waals surface area contributed by atoms with Gasteiger partial charge in [-0.25, -0.2) is 9.18 Å². The topological polar surface area (TPSA) is 79.0 Å². The van der Waals surface area contributed by atoms with Crippen LogP contribution >= 0.6 is 11.8 Å². The fourth-order valence-corrected chi connectivity index (χ4v) is 5.33. The van der Waals surface area contributed by atoms with E-state index >= 15 is 0 Å². The van der Waals surface area contributed by atoms with E-state index in [9.17, 15) is 18.8 Å². The van der Waals surface area contributed by atoms with Gasteiger partial charge in [0.15, 0.2) is 5.78 Å². The summed E-state index contributed by atoms with van der Waals surface area (Å²) < 4.78 is 20.1. The summed E-state index contributed by atoms with van der Waals surface area (Å²) in [5.74, 6) is 0.779. The van der Waals surface area contributed by atoms with E-state index in [0.29, 0.717) is 16.9 Å². The summed E-state index contributed by atoms with van der Waals surface area (Å²) in [6.45, 7) is 1.83. The van der Waals surface area contributed by atoms with E-state index in [1.54, 1.807) is 24.3 Å². The quantitative estimate of drug-likeness (QED) is 0.368. The number of anilines is 2. The molecule has 0 saturated carbocycles. The summed E-state index contributed by atoms with van der Waals surface area (Å²) in [6, 6.07) is 17.8. The second-order valence-corrected chi connectivity index (χ2v) is 10.1. The monoisotopic (exact) mass is 519 g/mol. The molecule has 3 aromatic carbocycles. The van der Waals surface area contributed by atoms with Crippen LogP contribution < -0.4 is 15.1 Å². The van der Waals surface area contributed by atoms with Crippen LogP contribution in [0.5, 0.6) is 0 Å². The SMILES string of the molecule is O=C(/C=C\C(=O)c1ccc2ccccc2c1)NC[C@H]1CN(c2ccc(N3CCSCC3)c(F)c2)C(=O)O1. The maximum atomic E-state index is 14.8. The van der Waals surface area contributed by atoms with Gasteiger partial charge in [0.05, 0.1) is 24.5 Å². The van der Waals surface area contributed by atoms with Crippen molar-refractivity contribution in [3.8, 4) is 0 Å². The van der Waals surface area contributed by atoms with E-state index in [1.807, 2.05) is 47.0 Å². The molecule has 1 N–H and O–H groups in total. The lowest BCUT2D eigenvalue weighted by atomic mass is 10.0. The maximum Gasteiger partial charge on any atom is 0.414 e. The van der Waals surface area contributed by atoms with E-state index in [-0.39, 0.29) is 24.7 Å². The molecule has 0 radical (unpaired) electrons. The number of carbonyl (C=O) groups is 3. The highest BCUT2D eigenvalue weighted by atomic mass is 32.2. The smallest absolute Gasteiger partial charge is 0.414 e. The average molecular weight is 520 g/mol. The highest BCUT2D eigenvalue weighted by Crippen LogP contribution is 2.29. The van der Waals surface area contributed by atoms with Gasteiger partial charge in [0, 0.05) is 36.2 Å². The van der Waals surface area contributed by atoms with Crippen molar-refractivity contribution in [3.63, 3.8) is 0 Å². The lowest BCUT2D eigenvalue weighted by molar-refractivity contribution is -0.116. The molecular formula is C28H26FN3O4S. The van der Waals surface area contributed by atoms with Crippen molar-refractivity contribution >= 4 is 51.7 Å². The number of hydrogen-bond donors (Lipinski definition) is 1. The van der Waals surface area contributed by atoms with Crippen LogP contribution in [0, 0.1) is 5.82 Å². The highest BCUT2D eigenvalue weighted by Gasteiger charge is 2.33. The Morgan fingerprint density at radius 1 is 1.03 bits per heavy atom. The molecule has 2 fully saturated rings. The van der Waals surface area contributed by atoms with E-state index < -0.39 is 18.1 Å². The molecule has 1 atom stereocenters. The zero-order valence-electron chi connectivity index (χ0n) is 20.1. The van der Waals surface area contributed by atoms with Gasteiger partial charge in [-0.15, -0.1) is 0 Å². The Kier molecular flexibility index (Phi) is 7.41. The van der Waals surface area contributed by atoms with Crippen LogP contribution in [0.4, 0.5) is 20.6 Å². The summed E-state index contributed by atoms with van der Waals surface area (Å²) >= 11 is 1.85. The third kappa shape index (κ3) is 5.77. The number of amides is 2. The molecule has 0 spiro atoms. The van der Waals surface area contributed by atoms with E-state index in [4.69, 9.17) is 4.74 Å². The standard InChI is InChI=1S/C28H26FN3O4S/c29-24-16-22(7-8-25(24)31-11-13-37-14-12-31)32-18-23(36-28(32)35)17-30-27(34)10-9-26(33)21-6-5-19-3-1-2-4-20(19)15-21/h1-10,15-16,23H,11-14,17-18H2,(H,30,34)/b10-9-/t23-/m0/s1. The molecule has 5 rings (SSSR count). The first-order valence-corrected chi connectivity index (χ1v) is 13.2. The highest BCUT2D eigenvalue weighted by molar-refractivity contribution is 7.99. The Bertz CT molecular complexity index is 1370. The molecule has 2 saturated heterocycles. The van der Waals surface area contributed by atoms with Crippen molar-refractivity contribution in [1.82, 2.24) is 5.32 Å². The Hall–Kier alpha value is -3.85. The van der Waals surface area contributed by atoms with Gasteiger partial charge >= 0.3 is 6.09 Å². The second-order valence-electron chi connectivity index (χ2n) is 8.86. The van der Waals surface area contributed by atoms with Crippen LogP contribution in [-0.4, -0.2) is 61.6 Å². The molecular weight excluding hydrogens is 493 g/mol. The Balaban J connectivity index is 1.14. The van der Waals surface area contributed by atoms with Crippen LogP contribution in [-0.2, 0) is 9.53 Å². The van der Waals surface area contributed by atoms with Crippen molar-refractivity contribution < 1.29 is 23.5 Å². The molecule has 190 valence electrons. The number of allylic oxidation sites excluding steroid dienone is 1. The lowest BCUT2D eigenvalue weighted by Crippen LogP contribution is -2.34. The predicted octanol–water partition coefficient (Wildman–Crippen LogP) is 4.41. The van der Waals surface area contributed by atoms with Crippen molar-refractivity contribution in [1.29, 1.82) is 0 Å². The first kappa shape index (κ1) is 24.8. The number of thioether (sulfide) groups is 1. The van der Waals surface area contributed by atoms with Gasteiger partial charge in [-0.2, -0.15) is 11.8 Å². The van der Waals surface area contributed by atoms with Gasteiger partial charge in [0.1, 0.15) is 11.9 Å². The molecule has 2 aliphatic heterocycles. The zero-order valence-corrected chi connectivity index (χ0v) is 20.9. The number of rotatable bonds is 7. The minimum absolute atomic E-state index is 0.0710. The minimum atomic E-state index is -0.595. The Labute approximate surface area is 218 Å². The predicted molar refractivity (Wildman–Crippen MR) is 144 cm³/mol. The maximum absolute atomic E-state index is 14.8. The van der Waals surface area contributed by atoms with Gasteiger partial charge < -0.3 is 15.0 Å². The van der Waals surface area contributed by atoms with Gasteiger partial charge in [-0.3, -0.25) is 14.5 Å². The van der Waals surface area contributed by atoms with Gasteiger partial charge in [0.25, 0.3) is 0 Å². The fraction of sp³-hybridized carbons (Fsp3) is 0.250.